The summed E-state index contributed by atoms with van der Waals surface area (Å²) in [4.78, 5) is 27.7. The molecule has 4 aromatic carbocycles. The van der Waals surface area contributed by atoms with Gasteiger partial charge in [0.1, 0.15) is 23.1 Å². The fourth-order valence-electron chi connectivity index (χ4n) is 6.46. The Morgan fingerprint density at radius 2 is 1.45 bits per heavy atom. The number of nitrogens with one attached hydrogen (secondary N) is 1. The van der Waals surface area contributed by atoms with Crippen LogP contribution in [0.4, 0.5) is 11.4 Å². The number of carbonyl (C=O) groups excluding carboxylic acids is 1. The molecule has 0 fully saturated rings. The van der Waals surface area contributed by atoms with Gasteiger partial charge >= 0.3 is 0 Å². The Morgan fingerprint density at radius 1 is 0.851 bits per heavy atom. The minimum absolute atomic E-state index is 0.0420. The van der Waals surface area contributed by atoms with Gasteiger partial charge in [-0.2, -0.15) is 0 Å². The number of benzene rings is 4. The molecule has 1 aliphatic heterocycles. The summed E-state index contributed by atoms with van der Waals surface area (Å²) in [5.74, 6) is 0.612. The number of rotatable bonds is 10. The summed E-state index contributed by atoms with van der Waals surface area (Å²) >= 11 is 0. The van der Waals surface area contributed by atoms with Gasteiger partial charge < -0.3 is 19.4 Å². The number of amides is 1. The highest BCUT2D eigenvalue weighted by Gasteiger charge is 2.50. The number of hydrogen-bond acceptors (Lipinski definition) is 6. The molecule has 8 nitrogen and oxygen atoms in total. The van der Waals surface area contributed by atoms with Crippen LogP contribution in [0.5, 0.6) is 5.75 Å². The summed E-state index contributed by atoms with van der Waals surface area (Å²) in [6.07, 6.45) is 0.353. The number of hydrogen-bond donors (Lipinski definition) is 1. The Bertz CT molecular complexity index is 1640. The molecule has 5 rings (SSSR count). The van der Waals surface area contributed by atoms with Gasteiger partial charge in [0.25, 0.3) is 14.0 Å². The van der Waals surface area contributed by atoms with Crippen LogP contribution in [-0.4, -0.2) is 48.8 Å². The predicted octanol–water partition coefficient (Wildman–Crippen LogP) is 6.71. The molecule has 1 amide bonds. The number of nitro groups is 1. The highest BCUT2D eigenvalue weighted by atomic mass is 28.4. The third-order valence-corrected chi connectivity index (χ3v) is 13.5. The monoisotopic (exact) mass is 651 g/mol. The Labute approximate surface area is 279 Å². The largest absolute Gasteiger partial charge is 0.488 e. The summed E-state index contributed by atoms with van der Waals surface area (Å²) < 4.78 is 13.1. The third-order valence-electron chi connectivity index (χ3n) is 8.50. The first-order valence-corrected chi connectivity index (χ1v) is 18.0. The molecule has 47 heavy (non-hydrogen) atoms. The van der Waals surface area contributed by atoms with E-state index >= 15 is 0 Å². The zero-order chi connectivity index (χ0) is 33.8. The summed E-state index contributed by atoms with van der Waals surface area (Å²) in [5, 5.41) is 17.4. The first-order valence-electron chi connectivity index (χ1n) is 16.1. The maximum absolute atomic E-state index is 14.3. The van der Waals surface area contributed by atoms with Crippen LogP contribution >= 0.6 is 0 Å². The molecule has 0 unspecified atom stereocenters. The van der Waals surface area contributed by atoms with Gasteiger partial charge in [0.05, 0.1) is 11.5 Å². The standard InChI is InChI=1S/C38H45N3O5Si/c1-37(2,3)46-30-22-20-28(21-23-30)26-33-36(42)40(27-29-14-13-19-34(41(43)44)35(29)39-33)24-25-45-47(38(4,5)6,31-15-9-7-10-16-31)32-17-11-8-12-18-32/h7-23,33,39H,24-27H2,1-6H3/t33-/m0/s1. The second-order valence-corrected chi connectivity index (χ2v) is 18.4. The first-order chi connectivity index (χ1) is 22.3. The van der Waals surface area contributed by atoms with Gasteiger partial charge in [-0.1, -0.05) is 106 Å². The molecule has 9 heteroatoms. The predicted molar refractivity (Wildman–Crippen MR) is 190 cm³/mol. The molecule has 0 aromatic heterocycles. The molecule has 0 aliphatic carbocycles. The van der Waals surface area contributed by atoms with E-state index in [1.807, 2.05) is 63.2 Å². The summed E-state index contributed by atoms with van der Waals surface area (Å²) in [6.45, 7) is 13.5. The van der Waals surface area contributed by atoms with Crippen molar-refractivity contribution in [1.29, 1.82) is 0 Å². The van der Waals surface area contributed by atoms with E-state index in [4.69, 9.17) is 9.16 Å². The lowest BCUT2D eigenvalue weighted by Crippen LogP contribution is -2.67. The molecule has 0 saturated heterocycles. The van der Waals surface area contributed by atoms with Crippen molar-refractivity contribution in [3.63, 3.8) is 0 Å². The molecule has 1 heterocycles. The van der Waals surface area contributed by atoms with Crippen molar-refractivity contribution in [1.82, 2.24) is 4.90 Å². The van der Waals surface area contributed by atoms with E-state index in [1.54, 1.807) is 11.0 Å². The molecule has 0 saturated carbocycles. The van der Waals surface area contributed by atoms with E-state index in [2.05, 4.69) is 74.6 Å². The van der Waals surface area contributed by atoms with E-state index in [0.29, 0.717) is 30.8 Å². The molecule has 1 aliphatic rings. The fraction of sp³-hybridized carbons (Fsp3) is 0.342. The van der Waals surface area contributed by atoms with Crippen LogP contribution in [0.25, 0.3) is 0 Å². The van der Waals surface area contributed by atoms with Gasteiger partial charge in [-0.15, -0.1) is 0 Å². The van der Waals surface area contributed by atoms with Gasteiger partial charge in [-0.05, 0) is 53.9 Å². The van der Waals surface area contributed by atoms with E-state index < -0.39 is 19.3 Å². The number of ether oxygens (including phenoxy) is 1. The Hall–Kier alpha value is -4.47. The summed E-state index contributed by atoms with van der Waals surface area (Å²) in [7, 11) is -2.82. The summed E-state index contributed by atoms with van der Waals surface area (Å²) in [5.41, 5.74) is 1.63. The van der Waals surface area contributed by atoms with Crippen LogP contribution in [0.2, 0.25) is 5.04 Å². The van der Waals surface area contributed by atoms with Gasteiger partial charge in [0.2, 0.25) is 5.91 Å². The maximum atomic E-state index is 14.3. The van der Waals surface area contributed by atoms with Crippen LogP contribution in [0.15, 0.2) is 103 Å². The maximum Gasteiger partial charge on any atom is 0.292 e. The van der Waals surface area contributed by atoms with Crippen molar-refractivity contribution >= 4 is 36.0 Å². The molecule has 0 spiro atoms. The Balaban J connectivity index is 1.45. The van der Waals surface area contributed by atoms with Crippen LogP contribution in [0.1, 0.15) is 52.7 Å². The first kappa shape index (κ1) is 33.9. The molecular formula is C38H45N3O5Si. The SMILES string of the molecule is CC(C)(C)Oc1ccc(C[C@@H]2Nc3c(cccc3[N+](=O)[O-])CN(CCO[Si](c3ccccc3)(c3ccccc3)C(C)(C)C)C2=O)cc1. The van der Waals surface area contributed by atoms with Crippen molar-refractivity contribution in [3.05, 3.63) is 124 Å². The van der Waals surface area contributed by atoms with E-state index in [1.165, 1.54) is 16.4 Å². The van der Waals surface area contributed by atoms with Gasteiger partial charge in [-0.25, -0.2) is 0 Å². The van der Waals surface area contributed by atoms with Crippen molar-refractivity contribution in [2.75, 3.05) is 18.5 Å². The van der Waals surface area contributed by atoms with Crippen LogP contribution < -0.4 is 20.4 Å². The second-order valence-electron chi connectivity index (χ2n) is 14.1. The van der Waals surface area contributed by atoms with Crippen LogP contribution in [0, 0.1) is 10.1 Å². The lowest BCUT2D eigenvalue weighted by Gasteiger charge is -2.43. The lowest BCUT2D eigenvalue weighted by atomic mass is 10.0. The van der Waals surface area contributed by atoms with Crippen molar-refractivity contribution in [2.24, 2.45) is 0 Å². The van der Waals surface area contributed by atoms with E-state index in [-0.39, 0.29) is 28.8 Å². The Morgan fingerprint density at radius 3 is 1.98 bits per heavy atom. The number of anilines is 1. The van der Waals surface area contributed by atoms with Crippen molar-refractivity contribution in [2.45, 2.75) is 71.2 Å². The quantitative estimate of drug-likeness (QED) is 0.116. The number of para-hydroxylation sites is 1. The van der Waals surface area contributed by atoms with Crippen LogP contribution in [-0.2, 0) is 22.2 Å². The average molecular weight is 652 g/mol. The molecule has 1 atom stereocenters. The molecule has 0 bridgehead atoms. The second kappa shape index (κ2) is 13.7. The van der Waals surface area contributed by atoms with Crippen molar-refractivity contribution < 1.29 is 18.9 Å². The molecule has 0 radical (unpaired) electrons. The fourth-order valence-corrected chi connectivity index (χ4v) is 11.0. The number of nitro benzene ring substituents is 1. The zero-order valence-electron chi connectivity index (χ0n) is 28.2. The zero-order valence-corrected chi connectivity index (χ0v) is 29.2. The number of carbonyl (C=O) groups is 1. The van der Waals surface area contributed by atoms with E-state index in [9.17, 15) is 14.9 Å². The lowest BCUT2D eigenvalue weighted by molar-refractivity contribution is -0.384. The molecule has 4 aromatic rings. The highest BCUT2D eigenvalue weighted by Crippen LogP contribution is 2.37. The number of fused-ring (bicyclic) bond motifs is 1. The van der Waals surface area contributed by atoms with Crippen molar-refractivity contribution in [3.8, 4) is 5.75 Å². The smallest absolute Gasteiger partial charge is 0.292 e. The molecule has 246 valence electrons. The summed E-state index contributed by atoms with van der Waals surface area (Å²) in [6, 6.07) is 32.8. The number of nitrogens with zero attached hydrogens (tertiary/aromatic N) is 2. The van der Waals surface area contributed by atoms with E-state index in [0.717, 1.165) is 11.3 Å². The van der Waals surface area contributed by atoms with Gasteiger partial charge in [-0.3, -0.25) is 14.9 Å². The average Bonchev–Trinajstić information content (AvgIpc) is 3.15. The molecule has 1 N–H and O–H groups in total. The highest BCUT2D eigenvalue weighted by molar-refractivity contribution is 6.99. The minimum Gasteiger partial charge on any atom is -0.488 e. The van der Waals surface area contributed by atoms with Gasteiger partial charge in [0.15, 0.2) is 0 Å². The third kappa shape index (κ3) is 7.58. The topological polar surface area (TPSA) is 93.9 Å². The normalized spacial score (nSPS) is 15.4. The minimum atomic E-state index is -2.82. The molecular weight excluding hydrogens is 607 g/mol. The van der Waals surface area contributed by atoms with Crippen LogP contribution in [0.3, 0.4) is 0 Å². The Kier molecular flexibility index (Phi) is 9.88. The van der Waals surface area contributed by atoms with Gasteiger partial charge in [0, 0.05) is 31.1 Å².